The molecule has 0 aliphatic rings. The van der Waals surface area contributed by atoms with Crippen LogP contribution in [0.4, 0.5) is 5.69 Å². The second kappa shape index (κ2) is 8.78. The standard InChI is InChI=1S/C15H21N3O4/c1-10(19)17-12-7-5-11(6-8-12)14(20)18-13(15(21)22)4-2-3-9-16/h5-8,13H,2-4,9,16H2,1H3,(H,17,19)(H,18,20)(H,21,22). The number of hydrogen-bond acceptors (Lipinski definition) is 4. The minimum absolute atomic E-state index is 0.206. The van der Waals surface area contributed by atoms with E-state index in [1.807, 2.05) is 0 Å². The van der Waals surface area contributed by atoms with Crippen LogP contribution in [0.25, 0.3) is 0 Å². The number of carboxylic acid groups (broad SMARTS) is 1. The van der Waals surface area contributed by atoms with Gasteiger partial charge in [-0.2, -0.15) is 0 Å². The second-order valence-electron chi connectivity index (χ2n) is 4.91. The van der Waals surface area contributed by atoms with Crippen LogP contribution in [0.3, 0.4) is 0 Å². The molecule has 0 saturated heterocycles. The third-order valence-electron chi connectivity index (χ3n) is 3.02. The molecule has 1 aromatic rings. The maximum Gasteiger partial charge on any atom is 0.326 e. The van der Waals surface area contributed by atoms with Gasteiger partial charge in [-0.3, -0.25) is 9.59 Å². The Morgan fingerprint density at radius 3 is 2.32 bits per heavy atom. The Bertz CT molecular complexity index is 528. The first-order valence-corrected chi connectivity index (χ1v) is 7.05. The molecule has 1 unspecified atom stereocenters. The number of unbranched alkanes of at least 4 members (excludes halogenated alkanes) is 1. The van der Waals surface area contributed by atoms with E-state index in [4.69, 9.17) is 10.8 Å². The topological polar surface area (TPSA) is 122 Å². The first-order valence-electron chi connectivity index (χ1n) is 7.05. The Morgan fingerprint density at radius 1 is 1.18 bits per heavy atom. The molecule has 1 aromatic carbocycles. The number of carbonyl (C=O) groups is 3. The van der Waals surface area contributed by atoms with E-state index in [1.165, 1.54) is 19.1 Å². The molecule has 0 saturated carbocycles. The zero-order valence-electron chi connectivity index (χ0n) is 12.5. The first kappa shape index (κ1) is 17.6. The first-order chi connectivity index (χ1) is 10.4. The lowest BCUT2D eigenvalue weighted by Crippen LogP contribution is -2.40. The third-order valence-corrected chi connectivity index (χ3v) is 3.02. The van der Waals surface area contributed by atoms with Crippen LogP contribution in [0.5, 0.6) is 0 Å². The van der Waals surface area contributed by atoms with Gasteiger partial charge in [-0.1, -0.05) is 0 Å². The number of carboxylic acids is 1. The normalized spacial score (nSPS) is 11.5. The SMILES string of the molecule is CC(=O)Nc1ccc(C(=O)NC(CCCCN)C(=O)O)cc1. The number of anilines is 1. The number of hydrogen-bond donors (Lipinski definition) is 4. The number of carbonyl (C=O) groups excluding carboxylic acids is 2. The van der Waals surface area contributed by atoms with Crippen LogP contribution < -0.4 is 16.4 Å². The summed E-state index contributed by atoms with van der Waals surface area (Å²) in [5, 5.41) is 14.2. The van der Waals surface area contributed by atoms with Crippen molar-refractivity contribution in [2.24, 2.45) is 5.73 Å². The summed E-state index contributed by atoms with van der Waals surface area (Å²) in [6.45, 7) is 1.88. The van der Waals surface area contributed by atoms with Gasteiger partial charge in [0.05, 0.1) is 0 Å². The van der Waals surface area contributed by atoms with Gasteiger partial charge in [0.2, 0.25) is 5.91 Å². The Hall–Kier alpha value is -2.41. The molecule has 7 nitrogen and oxygen atoms in total. The van der Waals surface area contributed by atoms with Crippen LogP contribution in [0.2, 0.25) is 0 Å². The summed E-state index contributed by atoms with van der Waals surface area (Å²) in [5.41, 5.74) is 6.27. The Balaban J connectivity index is 2.65. The number of nitrogens with one attached hydrogen (secondary N) is 2. The van der Waals surface area contributed by atoms with Crippen LogP contribution in [0, 0.1) is 0 Å². The van der Waals surface area contributed by atoms with Crippen LogP contribution in [0.1, 0.15) is 36.5 Å². The highest BCUT2D eigenvalue weighted by Gasteiger charge is 2.20. The summed E-state index contributed by atoms with van der Waals surface area (Å²) in [4.78, 5) is 34.1. The molecule has 5 N–H and O–H groups in total. The Labute approximate surface area is 128 Å². The van der Waals surface area contributed by atoms with Gasteiger partial charge in [-0.05, 0) is 50.1 Å². The van der Waals surface area contributed by atoms with Crippen molar-refractivity contribution in [3.05, 3.63) is 29.8 Å². The third kappa shape index (κ3) is 5.92. The molecule has 0 aliphatic carbocycles. The van der Waals surface area contributed by atoms with Crippen molar-refractivity contribution in [2.75, 3.05) is 11.9 Å². The van der Waals surface area contributed by atoms with Crippen LogP contribution in [0.15, 0.2) is 24.3 Å². The van der Waals surface area contributed by atoms with E-state index in [0.29, 0.717) is 37.1 Å². The van der Waals surface area contributed by atoms with E-state index < -0.39 is 17.9 Å². The number of nitrogens with two attached hydrogens (primary N) is 1. The molecule has 22 heavy (non-hydrogen) atoms. The summed E-state index contributed by atoms with van der Waals surface area (Å²) < 4.78 is 0. The van der Waals surface area contributed by atoms with Crippen molar-refractivity contribution in [3.63, 3.8) is 0 Å². The highest BCUT2D eigenvalue weighted by molar-refractivity contribution is 5.97. The van der Waals surface area contributed by atoms with E-state index in [2.05, 4.69) is 10.6 Å². The van der Waals surface area contributed by atoms with Gasteiger partial charge in [0.15, 0.2) is 0 Å². The molecule has 1 atom stereocenters. The van der Waals surface area contributed by atoms with Gasteiger partial charge < -0.3 is 21.5 Å². The van der Waals surface area contributed by atoms with Gasteiger partial charge >= 0.3 is 5.97 Å². The quantitative estimate of drug-likeness (QED) is 0.533. The summed E-state index contributed by atoms with van der Waals surface area (Å²) in [6.07, 6.45) is 1.68. The Kier molecular flexibility index (Phi) is 7.04. The molecule has 0 spiro atoms. The minimum Gasteiger partial charge on any atom is -0.480 e. The van der Waals surface area contributed by atoms with Crippen LogP contribution >= 0.6 is 0 Å². The van der Waals surface area contributed by atoms with Gasteiger partial charge in [-0.15, -0.1) is 0 Å². The summed E-state index contributed by atoms with van der Waals surface area (Å²) >= 11 is 0. The molecule has 2 amide bonds. The van der Waals surface area contributed by atoms with Gasteiger partial charge in [0, 0.05) is 18.2 Å². The minimum atomic E-state index is -1.07. The summed E-state index contributed by atoms with van der Waals surface area (Å²) in [6, 6.07) is 5.29. The van der Waals surface area contributed by atoms with Crippen LogP contribution in [-0.2, 0) is 9.59 Å². The zero-order valence-corrected chi connectivity index (χ0v) is 12.5. The molecular formula is C15H21N3O4. The number of aliphatic carboxylic acids is 1. The van der Waals surface area contributed by atoms with Crippen molar-refractivity contribution in [1.82, 2.24) is 5.32 Å². The average Bonchev–Trinajstić information content (AvgIpc) is 2.46. The van der Waals surface area contributed by atoms with Crippen molar-refractivity contribution in [3.8, 4) is 0 Å². The summed E-state index contributed by atoms with van der Waals surface area (Å²) in [5.74, 6) is -1.74. The van der Waals surface area contributed by atoms with E-state index in [9.17, 15) is 14.4 Å². The molecular weight excluding hydrogens is 286 g/mol. The van der Waals surface area contributed by atoms with E-state index in [1.54, 1.807) is 12.1 Å². The smallest absolute Gasteiger partial charge is 0.326 e. The molecule has 0 fully saturated rings. The lowest BCUT2D eigenvalue weighted by atomic mass is 10.1. The predicted molar refractivity (Wildman–Crippen MR) is 82.5 cm³/mol. The second-order valence-corrected chi connectivity index (χ2v) is 4.91. The van der Waals surface area contributed by atoms with Gasteiger partial charge in [0.1, 0.15) is 6.04 Å². The highest BCUT2D eigenvalue weighted by atomic mass is 16.4. The fraction of sp³-hybridized carbons (Fsp3) is 0.400. The molecule has 0 aliphatic heterocycles. The van der Waals surface area contributed by atoms with Gasteiger partial charge in [0.25, 0.3) is 5.91 Å². The highest BCUT2D eigenvalue weighted by Crippen LogP contribution is 2.10. The fourth-order valence-electron chi connectivity index (χ4n) is 1.90. The van der Waals surface area contributed by atoms with E-state index >= 15 is 0 Å². The molecule has 0 radical (unpaired) electrons. The zero-order chi connectivity index (χ0) is 16.5. The lowest BCUT2D eigenvalue weighted by molar-refractivity contribution is -0.139. The van der Waals surface area contributed by atoms with Crippen molar-refractivity contribution < 1.29 is 19.5 Å². The van der Waals surface area contributed by atoms with Crippen LogP contribution in [-0.4, -0.2) is 35.5 Å². The maximum atomic E-state index is 12.0. The summed E-state index contributed by atoms with van der Waals surface area (Å²) in [7, 11) is 0. The van der Waals surface area contributed by atoms with Crippen molar-refractivity contribution in [2.45, 2.75) is 32.2 Å². The fourth-order valence-corrected chi connectivity index (χ4v) is 1.90. The lowest BCUT2D eigenvalue weighted by Gasteiger charge is -2.14. The van der Waals surface area contributed by atoms with E-state index in [-0.39, 0.29) is 5.91 Å². The molecule has 0 aromatic heterocycles. The molecule has 7 heteroatoms. The van der Waals surface area contributed by atoms with E-state index in [0.717, 1.165) is 0 Å². The molecule has 0 bridgehead atoms. The number of benzene rings is 1. The largest absolute Gasteiger partial charge is 0.480 e. The maximum absolute atomic E-state index is 12.0. The molecule has 120 valence electrons. The monoisotopic (exact) mass is 307 g/mol. The predicted octanol–water partition coefficient (Wildman–Crippen LogP) is 0.957. The number of rotatable bonds is 8. The average molecular weight is 307 g/mol. The Morgan fingerprint density at radius 2 is 1.82 bits per heavy atom. The van der Waals surface area contributed by atoms with Crippen molar-refractivity contribution >= 4 is 23.5 Å². The molecule has 0 heterocycles. The van der Waals surface area contributed by atoms with Crippen molar-refractivity contribution in [1.29, 1.82) is 0 Å². The van der Waals surface area contributed by atoms with Gasteiger partial charge in [-0.25, -0.2) is 4.79 Å². The number of amides is 2. The molecule has 1 rings (SSSR count).